The maximum atomic E-state index is 15.2. The zero-order valence-corrected chi connectivity index (χ0v) is 27.2. The van der Waals surface area contributed by atoms with Crippen molar-refractivity contribution < 1.29 is 41.7 Å². The number of alkyl halides is 1. The Kier molecular flexibility index (Phi) is 10.3. The number of nitrogens with two attached hydrogens (primary N) is 1. The number of nitrogens with zero attached hydrogens (tertiary/aromatic N) is 4. The number of ether oxygens (including phenoxy) is 4. The second kappa shape index (κ2) is 13.9. The Balaban J connectivity index is 1.38. The van der Waals surface area contributed by atoms with Gasteiger partial charge in [-0.25, -0.2) is 13.8 Å². The number of nitrogens with one attached hydrogen (secondary N) is 1. The summed E-state index contributed by atoms with van der Waals surface area (Å²) in [6, 6.07) is 4.68. The molecule has 1 aliphatic carbocycles. The third-order valence-corrected chi connectivity index (χ3v) is 9.20. The van der Waals surface area contributed by atoms with Gasteiger partial charge in [-0.1, -0.05) is 17.2 Å². The highest BCUT2D eigenvalue weighted by atomic mass is 31.1. The fourth-order valence-electron chi connectivity index (χ4n) is 6.39. The van der Waals surface area contributed by atoms with E-state index in [9.17, 15) is 18.9 Å². The van der Waals surface area contributed by atoms with Crippen LogP contribution in [0.15, 0.2) is 45.2 Å². The molecule has 2 saturated heterocycles. The minimum Gasteiger partial charge on any atom is -0.462 e. The summed E-state index contributed by atoms with van der Waals surface area (Å²) < 4.78 is 65.0. The summed E-state index contributed by atoms with van der Waals surface area (Å²) >= 11 is 0. The summed E-state index contributed by atoms with van der Waals surface area (Å²) in [5.41, 5.74) is 11.0. The molecule has 0 radical (unpaired) electrons. The first-order valence-corrected chi connectivity index (χ1v) is 16.4. The third kappa shape index (κ3) is 7.16. The van der Waals surface area contributed by atoms with Gasteiger partial charge in [-0.3, -0.25) is 23.7 Å². The largest absolute Gasteiger partial charge is 0.462 e. The van der Waals surface area contributed by atoms with E-state index in [0.717, 1.165) is 23.5 Å². The lowest BCUT2D eigenvalue weighted by Crippen LogP contribution is -2.51. The maximum Gasteiger partial charge on any atom is 0.367 e. The SMILES string of the molecule is CC(C)OC(=O)[C@@H](N)Cc1cc(CN=[N+]=[N-])ccc1O[PH](=O)OC[C@@]1(CF)O[C@@H](n2ccc(=O)[nH]c2=O)[C@]2(C)OC3(CCCC3)O[C@H]12. The fraction of sp³-hybridized carbons (Fsp3) is 0.621. The van der Waals surface area contributed by atoms with Crippen molar-refractivity contribution in [2.24, 2.45) is 10.8 Å². The highest BCUT2D eigenvalue weighted by Gasteiger charge is 2.72. The van der Waals surface area contributed by atoms with E-state index in [0.29, 0.717) is 24.0 Å². The van der Waals surface area contributed by atoms with Crippen LogP contribution in [0, 0.1) is 0 Å². The summed E-state index contributed by atoms with van der Waals surface area (Å²) in [5.74, 6) is -1.62. The van der Waals surface area contributed by atoms with Crippen molar-refractivity contribution >= 4 is 14.2 Å². The Bertz CT molecular complexity index is 1670. The van der Waals surface area contributed by atoms with Gasteiger partial charge in [0, 0.05) is 36.4 Å². The van der Waals surface area contributed by atoms with Crippen molar-refractivity contribution in [1.29, 1.82) is 0 Å². The molecule has 47 heavy (non-hydrogen) atoms. The molecular weight excluding hydrogens is 642 g/mol. The van der Waals surface area contributed by atoms with Crippen molar-refractivity contribution in [3.8, 4) is 5.75 Å². The monoisotopic (exact) mass is 680 g/mol. The number of benzene rings is 1. The van der Waals surface area contributed by atoms with Crippen molar-refractivity contribution in [1.82, 2.24) is 9.55 Å². The molecule has 1 spiro atoms. The fourth-order valence-corrected chi connectivity index (χ4v) is 7.19. The van der Waals surface area contributed by atoms with E-state index < -0.39 is 80.2 Å². The van der Waals surface area contributed by atoms with Crippen LogP contribution in [-0.2, 0) is 45.8 Å². The van der Waals surface area contributed by atoms with E-state index >= 15 is 4.39 Å². The van der Waals surface area contributed by atoms with E-state index in [-0.39, 0.29) is 18.7 Å². The molecule has 3 heterocycles. The Morgan fingerprint density at radius 3 is 2.68 bits per heavy atom. The molecule has 1 aromatic carbocycles. The molecule has 1 unspecified atom stereocenters. The molecule has 2 aliphatic heterocycles. The molecule has 3 fully saturated rings. The first-order valence-electron chi connectivity index (χ1n) is 15.2. The number of carbonyl (C=O) groups excluding carboxylic acids is 1. The van der Waals surface area contributed by atoms with Crippen LogP contribution in [0.3, 0.4) is 0 Å². The molecule has 0 amide bonds. The number of rotatable bonds is 13. The summed E-state index contributed by atoms with van der Waals surface area (Å²) in [6.45, 7) is 3.23. The van der Waals surface area contributed by atoms with Crippen LogP contribution >= 0.6 is 8.25 Å². The first kappa shape index (κ1) is 34.8. The van der Waals surface area contributed by atoms with E-state index in [2.05, 4.69) is 15.0 Å². The number of aromatic nitrogens is 2. The molecule has 5 rings (SSSR count). The maximum absolute atomic E-state index is 15.2. The second-order valence-corrected chi connectivity index (χ2v) is 13.3. The van der Waals surface area contributed by atoms with Crippen molar-refractivity contribution in [3.05, 3.63) is 72.9 Å². The topological polar surface area (TPSA) is 219 Å². The van der Waals surface area contributed by atoms with Gasteiger partial charge in [-0.05, 0) is 56.3 Å². The molecule has 1 aromatic heterocycles. The summed E-state index contributed by atoms with van der Waals surface area (Å²) in [6.07, 6.45) is 1.15. The third-order valence-electron chi connectivity index (χ3n) is 8.43. The average molecular weight is 681 g/mol. The average Bonchev–Trinajstić information content (AvgIpc) is 3.67. The Morgan fingerprint density at radius 2 is 2.02 bits per heavy atom. The summed E-state index contributed by atoms with van der Waals surface area (Å²) in [5, 5.41) is 3.54. The van der Waals surface area contributed by atoms with Gasteiger partial charge in [-0.2, -0.15) is 0 Å². The molecule has 3 N–H and O–H groups in total. The van der Waals surface area contributed by atoms with Gasteiger partial charge in [0.25, 0.3) is 5.56 Å². The van der Waals surface area contributed by atoms with Crippen molar-refractivity contribution in [2.45, 2.75) is 101 Å². The van der Waals surface area contributed by atoms with E-state index in [4.69, 9.17) is 39.3 Å². The zero-order chi connectivity index (χ0) is 34.0. The Labute approximate surface area is 269 Å². The van der Waals surface area contributed by atoms with Gasteiger partial charge < -0.3 is 29.2 Å². The van der Waals surface area contributed by atoms with E-state index in [1.54, 1.807) is 32.9 Å². The Hall–Kier alpha value is -3.56. The standard InChI is InChI=1S/C29H38FN6O10P/c1-17(2)42-23(38)20(31)13-19-12-18(14-33-35-32)6-7-21(19)45-47(40)41-16-28(15-30)24-27(3,46-29(43-24)9-4-5-10-29)25(44-28)36-11-8-22(37)34-26(36)39/h6-8,11-12,17,20,24-25,47H,4-5,9-10,13-16,31H2,1-3H3,(H,34,37,39)/t20-,24-,25+,27+,28+/m0/s1. The quantitative estimate of drug-likeness (QED) is 0.103. The first-order chi connectivity index (χ1) is 22.3. The molecule has 2 aromatic rings. The highest BCUT2D eigenvalue weighted by Crippen LogP contribution is 2.58. The van der Waals surface area contributed by atoms with E-state index in [1.165, 1.54) is 12.3 Å². The van der Waals surface area contributed by atoms with Gasteiger partial charge in [0.1, 0.15) is 30.2 Å². The predicted octanol–water partition coefficient (Wildman–Crippen LogP) is 3.34. The lowest BCUT2D eigenvalue weighted by molar-refractivity contribution is -0.252. The zero-order valence-electron chi connectivity index (χ0n) is 26.2. The molecular formula is C29H38FN6O10P. The van der Waals surface area contributed by atoms with Crippen LogP contribution in [0.1, 0.15) is 63.8 Å². The van der Waals surface area contributed by atoms with Crippen LogP contribution in [0.2, 0.25) is 0 Å². The Morgan fingerprint density at radius 1 is 1.28 bits per heavy atom. The van der Waals surface area contributed by atoms with Gasteiger partial charge >= 0.3 is 19.9 Å². The molecule has 18 heteroatoms. The number of H-pyrrole nitrogens is 1. The van der Waals surface area contributed by atoms with Crippen LogP contribution < -0.4 is 21.5 Å². The number of hydrogen-bond donors (Lipinski definition) is 2. The van der Waals surface area contributed by atoms with Gasteiger partial charge in [0.05, 0.1) is 19.3 Å². The van der Waals surface area contributed by atoms with Gasteiger partial charge in [-0.15, -0.1) is 0 Å². The lowest BCUT2D eigenvalue weighted by atomic mass is 9.88. The summed E-state index contributed by atoms with van der Waals surface area (Å²) in [7, 11) is -3.42. The van der Waals surface area contributed by atoms with Crippen LogP contribution in [0.25, 0.3) is 10.4 Å². The molecule has 3 aliphatic rings. The molecule has 16 nitrogen and oxygen atoms in total. The summed E-state index contributed by atoms with van der Waals surface area (Å²) in [4.78, 5) is 41.9. The molecule has 1 saturated carbocycles. The van der Waals surface area contributed by atoms with Crippen LogP contribution in [-0.4, -0.2) is 64.0 Å². The molecule has 6 atom stereocenters. The minimum absolute atomic E-state index is 0.000770. The van der Waals surface area contributed by atoms with Crippen LogP contribution in [0.4, 0.5) is 4.39 Å². The smallest absolute Gasteiger partial charge is 0.367 e. The number of fused-ring (bicyclic) bond motifs is 1. The van der Waals surface area contributed by atoms with Crippen LogP contribution in [0.5, 0.6) is 5.75 Å². The number of hydrogen-bond acceptors (Lipinski definition) is 12. The molecule has 0 bridgehead atoms. The number of aromatic amines is 1. The van der Waals surface area contributed by atoms with Crippen molar-refractivity contribution in [2.75, 3.05) is 13.3 Å². The lowest BCUT2D eigenvalue weighted by Gasteiger charge is -2.33. The molecule has 256 valence electrons. The number of halogens is 1. The highest BCUT2D eigenvalue weighted by molar-refractivity contribution is 7.33. The van der Waals surface area contributed by atoms with Gasteiger partial charge in [0.2, 0.25) is 0 Å². The minimum atomic E-state index is -3.42. The second-order valence-electron chi connectivity index (χ2n) is 12.4. The van der Waals surface area contributed by atoms with Gasteiger partial charge in [0.15, 0.2) is 17.6 Å². The van der Waals surface area contributed by atoms with E-state index in [1.807, 2.05) is 0 Å². The number of esters is 1. The predicted molar refractivity (Wildman–Crippen MR) is 163 cm³/mol. The number of azide groups is 1. The van der Waals surface area contributed by atoms with Crippen molar-refractivity contribution in [3.63, 3.8) is 0 Å². The normalized spacial score (nSPS) is 27.4. The number of carbonyl (C=O) groups is 1.